The van der Waals surface area contributed by atoms with E-state index in [2.05, 4.69) is 15.0 Å². The minimum Gasteiger partial charge on any atom is -0.440 e. The first-order chi connectivity index (χ1) is 18.5. The number of rotatable bonds is 3. The van der Waals surface area contributed by atoms with Crippen LogP contribution >= 0.6 is 0 Å². The SMILES string of the molecule is O=C(O[C@@H]1CC[C@@H](c2cccc(F)c2F)Cc2cccnc21)N1CCC(n2c(=O)[n-]c3ncccc32)CC1.[K+]. The average molecular weight is 558 g/mol. The molecule has 0 saturated carbocycles. The Kier molecular flexibility index (Phi) is 8.62. The van der Waals surface area contributed by atoms with E-state index in [4.69, 9.17) is 4.74 Å². The second-order valence-electron chi connectivity index (χ2n) is 9.87. The van der Waals surface area contributed by atoms with E-state index < -0.39 is 23.8 Å². The van der Waals surface area contributed by atoms with E-state index in [9.17, 15) is 18.4 Å². The standard InChI is InChI=1S/C28H27F2N5O3.K/c29-21-6-1-5-20(24(21)30)17-8-9-23(25-18(16-17)4-2-12-31-25)38-28(37)34-14-10-19(11-15-34)35-22-7-3-13-32-26(22)33-27(35)36;/h1-7,12-13,17,19,23H,8-11,14-16H2,(H,32,33,36);/q;+1/p-1/t17-,23-;/m1./s1. The number of likely N-dealkylation sites (tertiary alicyclic amines) is 1. The molecule has 11 heteroatoms. The Morgan fingerprint density at radius 3 is 2.56 bits per heavy atom. The fourth-order valence-corrected chi connectivity index (χ4v) is 5.75. The fraction of sp³-hybridized carbons (Fsp3) is 0.357. The Morgan fingerprint density at radius 2 is 1.74 bits per heavy atom. The minimum atomic E-state index is -0.867. The summed E-state index contributed by atoms with van der Waals surface area (Å²) in [6.07, 6.45) is 4.85. The molecule has 0 N–H and O–H groups in total. The van der Waals surface area contributed by atoms with E-state index in [-0.39, 0.29) is 69.0 Å². The molecule has 4 aromatic rings. The molecule has 0 radical (unpaired) electrons. The Morgan fingerprint density at radius 1 is 0.974 bits per heavy atom. The molecule has 8 nitrogen and oxygen atoms in total. The van der Waals surface area contributed by atoms with Crippen molar-refractivity contribution in [1.82, 2.24) is 24.4 Å². The number of pyridine rings is 2. The van der Waals surface area contributed by atoms with Crippen molar-refractivity contribution in [1.29, 1.82) is 0 Å². The molecule has 1 fully saturated rings. The number of ether oxygens (including phenoxy) is 1. The van der Waals surface area contributed by atoms with Crippen LogP contribution < -0.4 is 62.1 Å². The van der Waals surface area contributed by atoms with Crippen LogP contribution in [0, 0.1) is 11.6 Å². The molecule has 6 rings (SSSR count). The predicted molar refractivity (Wildman–Crippen MR) is 135 cm³/mol. The first kappa shape index (κ1) is 28.1. The van der Waals surface area contributed by atoms with Gasteiger partial charge in [-0.2, -0.15) is 0 Å². The van der Waals surface area contributed by atoms with Crippen LogP contribution in [0.3, 0.4) is 0 Å². The van der Waals surface area contributed by atoms with Crippen molar-refractivity contribution >= 4 is 17.3 Å². The summed E-state index contributed by atoms with van der Waals surface area (Å²) in [7, 11) is 0. The summed E-state index contributed by atoms with van der Waals surface area (Å²) in [4.78, 5) is 40.0. The minimum absolute atomic E-state index is 0. The van der Waals surface area contributed by atoms with Crippen molar-refractivity contribution in [3.8, 4) is 0 Å². The second-order valence-corrected chi connectivity index (χ2v) is 9.87. The maximum absolute atomic E-state index is 14.6. The number of piperidine rings is 1. The number of hydrogen-bond donors (Lipinski definition) is 0. The van der Waals surface area contributed by atoms with Crippen molar-refractivity contribution in [2.24, 2.45) is 0 Å². The Bertz CT molecular complexity index is 1550. The Hall–Kier alpha value is -2.44. The van der Waals surface area contributed by atoms with Gasteiger partial charge in [0.05, 0.1) is 5.69 Å². The third-order valence-electron chi connectivity index (χ3n) is 7.66. The van der Waals surface area contributed by atoms with Crippen LogP contribution in [0.2, 0.25) is 0 Å². The molecule has 1 aliphatic carbocycles. The molecule has 2 atom stereocenters. The Balaban J connectivity index is 0.00000308. The largest absolute Gasteiger partial charge is 1.00 e. The van der Waals surface area contributed by atoms with Crippen LogP contribution in [0.4, 0.5) is 13.6 Å². The number of hydrogen-bond acceptors (Lipinski definition) is 5. The quantitative estimate of drug-likeness (QED) is 0.281. The monoisotopic (exact) mass is 557 g/mol. The molecule has 2 aliphatic rings. The zero-order valence-electron chi connectivity index (χ0n) is 21.6. The van der Waals surface area contributed by atoms with E-state index in [1.165, 1.54) is 6.07 Å². The van der Waals surface area contributed by atoms with Crippen LogP contribution in [-0.4, -0.2) is 38.6 Å². The van der Waals surface area contributed by atoms with Crippen molar-refractivity contribution in [3.63, 3.8) is 0 Å². The van der Waals surface area contributed by atoms with E-state index in [1.807, 2.05) is 12.1 Å². The molecule has 39 heavy (non-hydrogen) atoms. The number of amides is 1. The molecule has 1 aliphatic heterocycles. The summed E-state index contributed by atoms with van der Waals surface area (Å²) in [5.74, 6) is -1.95. The third-order valence-corrected chi connectivity index (χ3v) is 7.66. The number of imidazole rings is 1. The normalized spacial score (nSPS) is 19.7. The molecule has 0 bridgehead atoms. The topological polar surface area (TPSA) is 91.4 Å². The van der Waals surface area contributed by atoms with E-state index in [0.717, 1.165) is 11.6 Å². The summed E-state index contributed by atoms with van der Waals surface area (Å²) in [6.45, 7) is 0.865. The van der Waals surface area contributed by atoms with Gasteiger partial charge in [0, 0.05) is 30.5 Å². The molecule has 0 unspecified atom stereocenters. The van der Waals surface area contributed by atoms with Gasteiger partial charge in [-0.15, -0.1) is 0 Å². The van der Waals surface area contributed by atoms with Crippen molar-refractivity contribution in [3.05, 3.63) is 93.8 Å². The molecular formula is C28H26F2KN5O3. The molecule has 1 saturated heterocycles. The van der Waals surface area contributed by atoms with Crippen LogP contribution in [0.15, 0.2) is 59.7 Å². The van der Waals surface area contributed by atoms with Crippen molar-refractivity contribution in [2.75, 3.05) is 13.1 Å². The number of aromatic nitrogens is 4. The van der Waals surface area contributed by atoms with Gasteiger partial charge in [-0.05, 0) is 73.5 Å². The van der Waals surface area contributed by atoms with Gasteiger partial charge >= 0.3 is 57.5 Å². The number of nitrogens with zero attached hydrogens (tertiary/aromatic N) is 5. The van der Waals surface area contributed by atoms with Crippen LogP contribution in [0.1, 0.15) is 60.6 Å². The van der Waals surface area contributed by atoms with E-state index in [0.29, 0.717) is 67.6 Å². The second kappa shape index (κ2) is 12.0. The van der Waals surface area contributed by atoms with Gasteiger partial charge in [0.25, 0.3) is 0 Å². The summed E-state index contributed by atoms with van der Waals surface area (Å²) in [5, 5.41) is 0. The van der Waals surface area contributed by atoms with Gasteiger partial charge in [0.15, 0.2) is 11.6 Å². The zero-order valence-corrected chi connectivity index (χ0v) is 24.7. The zero-order chi connectivity index (χ0) is 26.2. The third kappa shape index (κ3) is 5.60. The first-order valence-corrected chi connectivity index (χ1v) is 12.8. The summed E-state index contributed by atoms with van der Waals surface area (Å²) < 4.78 is 36.1. The molecule has 1 amide bonds. The maximum atomic E-state index is 14.6. The molecule has 3 aromatic heterocycles. The van der Waals surface area contributed by atoms with Gasteiger partial charge in [-0.3, -0.25) is 9.78 Å². The molecule has 1 aromatic carbocycles. The molecule has 196 valence electrons. The maximum Gasteiger partial charge on any atom is 1.00 e. The summed E-state index contributed by atoms with van der Waals surface area (Å²) in [5.41, 5.74) is 2.64. The molecule has 4 heterocycles. The van der Waals surface area contributed by atoms with Gasteiger partial charge in [-0.25, -0.2) is 13.6 Å². The van der Waals surface area contributed by atoms with Gasteiger partial charge in [-0.1, -0.05) is 30.3 Å². The van der Waals surface area contributed by atoms with Gasteiger partial charge < -0.3 is 24.2 Å². The summed E-state index contributed by atoms with van der Waals surface area (Å²) in [6, 6.07) is 11.5. The molecule has 0 spiro atoms. The van der Waals surface area contributed by atoms with Crippen molar-refractivity contribution in [2.45, 2.75) is 50.2 Å². The predicted octanol–water partition coefficient (Wildman–Crippen LogP) is 1.67. The van der Waals surface area contributed by atoms with Crippen LogP contribution in [0.25, 0.3) is 11.2 Å². The van der Waals surface area contributed by atoms with Crippen molar-refractivity contribution < 1.29 is 69.7 Å². The number of carbonyl (C=O) groups excluding carboxylic acids is 1. The van der Waals surface area contributed by atoms with E-state index in [1.54, 1.807) is 40.1 Å². The molecular weight excluding hydrogens is 531 g/mol. The summed E-state index contributed by atoms with van der Waals surface area (Å²) >= 11 is 0. The van der Waals surface area contributed by atoms with E-state index >= 15 is 0 Å². The van der Waals surface area contributed by atoms with Crippen LogP contribution in [-0.2, 0) is 11.2 Å². The van der Waals surface area contributed by atoms with Crippen LogP contribution in [0.5, 0.6) is 0 Å². The first-order valence-electron chi connectivity index (χ1n) is 12.8. The van der Waals surface area contributed by atoms with Gasteiger partial charge in [0.1, 0.15) is 6.10 Å². The average Bonchev–Trinajstić information content (AvgIpc) is 3.16. The number of benzene rings is 1. The number of fused-ring (bicyclic) bond motifs is 2. The number of carbonyl (C=O) groups is 1. The Labute approximate surface area is 266 Å². The fourth-order valence-electron chi connectivity index (χ4n) is 5.75. The number of halogens is 2. The van der Waals surface area contributed by atoms with Gasteiger partial charge in [0.2, 0.25) is 5.69 Å². The smallest absolute Gasteiger partial charge is 0.440 e.